The van der Waals surface area contributed by atoms with Gasteiger partial charge in [-0.15, -0.1) is 12.4 Å². The molecule has 0 saturated carbocycles. The Balaban J connectivity index is 0.00000200. The van der Waals surface area contributed by atoms with Crippen molar-refractivity contribution in [2.75, 3.05) is 26.2 Å². The lowest BCUT2D eigenvalue weighted by molar-refractivity contribution is -0.187. The van der Waals surface area contributed by atoms with Crippen LogP contribution >= 0.6 is 35.6 Å². The molecule has 8 heteroatoms. The number of nitrogens with one attached hydrogen (secondary N) is 1. The first-order valence-electron chi connectivity index (χ1n) is 5.86. The largest absolute Gasteiger partial charge is 0.408 e. The lowest BCUT2D eigenvalue weighted by Crippen LogP contribution is -2.49. The second-order valence-corrected chi connectivity index (χ2v) is 5.18. The SMILES string of the molecule is Cl.FC(F)(F)[C@@H](c1c(Cl)cccc1Cl)N1CCNCC1. The van der Waals surface area contributed by atoms with Crippen LogP contribution in [-0.2, 0) is 0 Å². The summed E-state index contributed by atoms with van der Waals surface area (Å²) < 4.78 is 40.1. The zero-order valence-corrected chi connectivity index (χ0v) is 12.7. The molecule has 1 heterocycles. The maximum atomic E-state index is 13.4. The number of nitrogens with zero attached hydrogens (tertiary/aromatic N) is 1. The molecule has 1 fully saturated rings. The van der Waals surface area contributed by atoms with Crippen LogP contribution in [0.4, 0.5) is 13.2 Å². The van der Waals surface area contributed by atoms with Gasteiger partial charge in [0.25, 0.3) is 0 Å². The summed E-state index contributed by atoms with van der Waals surface area (Å²) in [6.45, 7) is 1.67. The van der Waals surface area contributed by atoms with Crippen molar-refractivity contribution in [1.82, 2.24) is 10.2 Å². The maximum Gasteiger partial charge on any atom is 0.408 e. The summed E-state index contributed by atoms with van der Waals surface area (Å²) in [5.41, 5.74) is -0.0553. The molecule has 2 nitrogen and oxygen atoms in total. The van der Waals surface area contributed by atoms with Gasteiger partial charge < -0.3 is 5.32 Å². The van der Waals surface area contributed by atoms with Crippen molar-refractivity contribution in [3.05, 3.63) is 33.8 Å². The van der Waals surface area contributed by atoms with Gasteiger partial charge in [0.15, 0.2) is 0 Å². The molecule has 0 radical (unpaired) electrons. The molecule has 20 heavy (non-hydrogen) atoms. The van der Waals surface area contributed by atoms with E-state index in [1.165, 1.54) is 17.0 Å². The molecule has 1 saturated heterocycles. The molecule has 0 unspecified atom stereocenters. The van der Waals surface area contributed by atoms with E-state index in [4.69, 9.17) is 23.2 Å². The maximum absolute atomic E-state index is 13.4. The first-order chi connectivity index (χ1) is 8.91. The summed E-state index contributed by atoms with van der Waals surface area (Å²) in [5.74, 6) is 0. The van der Waals surface area contributed by atoms with Gasteiger partial charge in [0.1, 0.15) is 6.04 Å². The Morgan fingerprint density at radius 1 is 1.10 bits per heavy atom. The first-order valence-corrected chi connectivity index (χ1v) is 6.62. The fraction of sp³-hybridized carbons (Fsp3) is 0.500. The van der Waals surface area contributed by atoms with Gasteiger partial charge in [-0.2, -0.15) is 13.2 Å². The summed E-state index contributed by atoms with van der Waals surface area (Å²) >= 11 is 11.8. The zero-order valence-electron chi connectivity index (χ0n) is 10.4. The van der Waals surface area contributed by atoms with Crippen molar-refractivity contribution in [3.63, 3.8) is 0 Å². The minimum absolute atomic E-state index is 0. The molecule has 1 aliphatic heterocycles. The third-order valence-electron chi connectivity index (χ3n) is 3.10. The molecular formula is C12H14Cl3F3N2. The predicted octanol–water partition coefficient (Wildman–Crippen LogP) is 3.92. The number of piperazine rings is 1. The summed E-state index contributed by atoms with van der Waals surface area (Å²) in [7, 11) is 0. The van der Waals surface area contributed by atoms with Crippen molar-refractivity contribution in [2.45, 2.75) is 12.2 Å². The van der Waals surface area contributed by atoms with Gasteiger partial charge in [-0.05, 0) is 12.1 Å². The van der Waals surface area contributed by atoms with Crippen molar-refractivity contribution in [1.29, 1.82) is 0 Å². The third-order valence-corrected chi connectivity index (χ3v) is 3.76. The van der Waals surface area contributed by atoms with Crippen LogP contribution in [0.1, 0.15) is 11.6 Å². The minimum atomic E-state index is -4.41. The first kappa shape index (κ1) is 17.9. The molecule has 0 bridgehead atoms. The van der Waals surface area contributed by atoms with Gasteiger partial charge in [0.05, 0.1) is 0 Å². The Morgan fingerprint density at radius 2 is 1.60 bits per heavy atom. The molecule has 1 atom stereocenters. The van der Waals surface area contributed by atoms with Crippen LogP contribution in [0.25, 0.3) is 0 Å². The lowest BCUT2D eigenvalue weighted by atomic mass is 10.0. The summed E-state index contributed by atoms with van der Waals surface area (Å²) in [4.78, 5) is 1.36. The molecule has 0 aromatic heterocycles. The number of hydrogen-bond donors (Lipinski definition) is 1. The Hall–Kier alpha value is -0.200. The van der Waals surface area contributed by atoms with E-state index in [1.807, 2.05) is 0 Å². The number of rotatable bonds is 2. The lowest BCUT2D eigenvalue weighted by Gasteiger charge is -2.36. The minimum Gasteiger partial charge on any atom is -0.314 e. The smallest absolute Gasteiger partial charge is 0.314 e. The van der Waals surface area contributed by atoms with E-state index in [1.54, 1.807) is 6.07 Å². The van der Waals surface area contributed by atoms with Crippen LogP contribution in [-0.4, -0.2) is 37.3 Å². The van der Waals surface area contributed by atoms with E-state index in [0.29, 0.717) is 26.2 Å². The average Bonchev–Trinajstić information content (AvgIpc) is 2.33. The van der Waals surface area contributed by atoms with E-state index in [0.717, 1.165) is 0 Å². The molecule has 1 aliphatic rings. The molecule has 1 aromatic rings. The highest BCUT2D eigenvalue weighted by molar-refractivity contribution is 6.36. The van der Waals surface area contributed by atoms with Crippen molar-refractivity contribution >= 4 is 35.6 Å². The van der Waals surface area contributed by atoms with Gasteiger partial charge >= 0.3 is 6.18 Å². The van der Waals surface area contributed by atoms with E-state index >= 15 is 0 Å². The van der Waals surface area contributed by atoms with E-state index in [9.17, 15) is 13.2 Å². The quantitative estimate of drug-likeness (QED) is 0.870. The van der Waals surface area contributed by atoms with Crippen molar-refractivity contribution < 1.29 is 13.2 Å². The van der Waals surface area contributed by atoms with Crippen LogP contribution < -0.4 is 5.32 Å². The molecule has 1 N–H and O–H groups in total. The topological polar surface area (TPSA) is 15.3 Å². The third kappa shape index (κ3) is 3.92. The monoisotopic (exact) mass is 348 g/mol. The molecule has 2 rings (SSSR count). The normalized spacial score (nSPS) is 18.4. The predicted molar refractivity (Wildman–Crippen MR) is 76.9 cm³/mol. The van der Waals surface area contributed by atoms with Crippen LogP contribution in [0.5, 0.6) is 0 Å². The van der Waals surface area contributed by atoms with Gasteiger partial charge in [-0.25, -0.2) is 0 Å². The van der Waals surface area contributed by atoms with Gasteiger partial charge in [0, 0.05) is 41.8 Å². The Morgan fingerprint density at radius 3 is 2.05 bits per heavy atom. The van der Waals surface area contributed by atoms with Crippen molar-refractivity contribution in [3.8, 4) is 0 Å². The molecule has 0 amide bonds. The van der Waals surface area contributed by atoms with Crippen LogP contribution in [0, 0.1) is 0 Å². The fourth-order valence-electron chi connectivity index (χ4n) is 2.27. The molecule has 0 aliphatic carbocycles. The molecule has 114 valence electrons. The Kier molecular flexibility index (Phi) is 6.41. The Labute approximate surface area is 131 Å². The van der Waals surface area contributed by atoms with Crippen LogP contribution in [0.2, 0.25) is 10.0 Å². The highest BCUT2D eigenvalue weighted by Gasteiger charge is 2.46. The van der Waals surface area contributed by atoms with Gasteiger partial charge in [-0.1, -0.05) is 29.3 Å². The fourth-order valence-corrected chi connectivity index (χ4v) is 2.87. The highest BCUT2D eigenvalue weighted by atomic mass is 35.5. The zero-order chi connectivity index (χ0) is 14.0. The van der Waals surface area contributed by atoms with Crippen molar-refractivity contribution in [2.24, 2.45) is 0 Å². The van der Waals surface area contributed by atoms with E-state index in [-0.39, 0.29) is 28.0 Å². The van der Waals surface area contributed by atoms with E-state index < -0.39 is 12.2 Å². The molecule has 1 aromatic carbocycles. The number of alkyl halides is 3. The summed E-state index contributed by atoms with van der Waals surface area (Å²) in [5, 5.41) is 3.13. The van der Waals surface area contributed by atoms with Gasteiger partial charge in [-0.3, -0.25) is 4.90 Å². The van der Waals surface area contributed by atoms with Crippen LogP contribution in [0.15, 0.2) is 18.2 Å². The highest BCUT2D eigenvalue weighted by Crippen LogP contribution is 2.43. The van der Waals surface area contributed by atoms with Crippen LogP contribution in [0.3, 0.4) is 0 Å². The number of halogens is 6. The molecular weight excluding hydrogens is 335 g/mol. The standard InChI is InChI=1S/C12H13Cl2F3N2.ClH/c13-8-2-1-3-9(14)10(8)11(12(15,16)17)19-6-4-18-5-7-19;/h1-3,11,18H,4-7H2;1H/t11-;/m1./s1. The van der Waals surface area contributed by atoms with Gasteiger partial charge in [0.2, 0.25) is 0 Å². The summed E-state index contributed by atoms with van der Waals surface area (Å²) in [6.07, 6.45) is -4.41. The Bertz CT molecular complexity index is 428. The number of hydrogen-bond acceptors (Lipinski definition) is 2. The second kappa shape index (κ2) is 7.18. The number of benzene rings is 1. The second-order valence-electron chi connectivity index (χ2n) is 4.37. The summed E-state index contributed by atoms with van der Waals surface area (Å²) in [6, 6.07) is 2.66. The average molecular weight is 350 g/mol. The molecule has 0 spiro atoms. The van der Waals surface area contributed by atoms with E-state index in [2.05, 4.69) is 5.32 Å².